The highest BCUT2D eigenvalue weighted by Crippen LogP contribution is 2.45. The molecule has 4 heteroatoms. The predicted octanol–water partition coefficient (Wildman–Crippen LogP) is 11.3. The molecular weight excluding hydrogens is 567 g/mol. The molecule has 0 unspecified atom stereocenters. The Morgan fingerprint density at radius 3 is 1.64 bits per heavy atom. The fraction of sp³-hybridized carbons (Fsp3) is 0. The van der Waals surface area contributed by atoms with Gasteiger partial charge in [0, 0.05) is 54.0 Å². The van der Waals surface area contributed by atoms with Crippen LogP contribution in [0.2, 0.25) is 0 Å². The summed E-state index contributed by atoms with van der Waals surface area (Å²) in [6.07, 6.45) is 0. The topological polar surface area (TPSA) is 22.8 Å². The van der Waals surface area contributed by atoms with E-state index in [4.69, 9.17) is 4.98 Å². The zero-order chi connectivity index (χ0) is 29.5. The third-order valence-electron chi connectivity index (χ3n) is 9.13. The van der Waals surface area contributed by atoms with Crippen molar-refractivity contribution >= 4 is 75.3 Å². The molecule has 4 aromatic heterocycles. The second kappa shape index (κ2) is 9.39. The van der Waals surface area contributed by atoms with E-state index in [1.807, 2.05) is 0 Å². The Morgan fingerprint density at radius 2 is 0.956 bits per heavy atom. The Labute approximate surface area is 262 Å². The van der Waals surface area contributed by atoms with Gasteiger partial charge in [-0.1, -0.05) is 103 Å². The summed E-state index contributed by atoms with van der Waals surface area (Å²) in [5.41, 5.74) is 9.25. The maximum absolute atomic E-state index is 5.46. The number of aromatic nitrogens is 3. The third-order valence-corrected chi connectivity index (χ3v) is 10.2. The number of benzene rings is 6. The molecule has 0 bridgehead atoms. The lowest BCUT2D eigenvalue weighted by molar-refractivity contribution is 1.18. The second-order valence-electron chi connectivity index (χ2n) is 11.6. The van der Waals surface area contributed by atoms with Crippen LogP contribution < -0.4 is 0 Å². The molecule has 0 aliphatic rings. The number of fused-ring (bicyclic) bond motifs is 10. The fourth-order valence-corrected chi connectivity index (χ4v) is 8.32. The van der Waals surface area contributed by atoms with Crippen LogP contribution in [0.15, 0.2) is 152 Å². The lowest BCUT2D eigenvalue weighted by atomic mass is 10.0. The van der Waals surface area contributed by atoms with E-state index in [2.05, 4.69) is 161 Å². The maximum Gasteiger partial charge on any atom is 0.127 e. The Kier molecular flexibility index (Phi) is 5.16. The molecule has 0 saturated heterocycles. The molecule has 10 rings (SSSR count). The summed E-state index contributed by atoms with van der Waals surface area (Å²) in [7, 11) is 0. The summed E-state index contributed by atoms with van der Waals surface area (Å²) in [5, 5.41) is 7.41. The largest absolute Gasteiger partial charge is 0.309 e. The van der Waals surface area contributed by atoms with Gasteiger partial charge in [-0.05, 0) is 48.5 Å². The van der Waals surface area contributed by atoms with Gasteiger partial charge in [0.05, 0.1) is 27.8 Å². The Bertz CT molecular complexity index is 2690. The number of nitrogens with zero attached hydrogens (tertiary/aromatic N) is 3. The minimum Gasteiger partial charge on any atom is -0.309 e. The first kappa shape index (κ1) is 24.7. The van der Waals surface area contributed by atoms with Crippen LogP contribution in [0.5, 0.6) is 0 Å². The van der Waals surface area contributed by atoms with E-state index < -0.39 is 0 Å². The number of rotatable bonds is 3. The van der Waals surface area contributed by atoms with Gasteiger partial charge in [-0.25, -0.2) is 4.98 Å². The molecule has 0 N–H and O–H groups in total. The van der Waals surface area contributed by atoms with Crippen molar-refractivity contribution in [3.8, 4) is 22.6 Å². The highest BCUT2D eigenvalue weighted by Gasteiger charge is 2.23. The number of hydrogen-bond acceptors (Lipinski definition) is 2. The minimum atomic E-state index is 1.02. The monoisotopic (exact) mass is 591 g/mol. The first-order chi connectivity index (χ1) is 22.3. The fourth-order valence-electron chi connectivity index (χ4n) is 7.24. The van der Waals surface area contributed by atoms with Gasteiger partial charge in [-0.2, -0.15) is 0 Å². The van der Waals surface area contributed by atoms with Gasteiger partial charge in [0.2, 0.25) is 0 Å². The standard InChI is InChI=1S/C41H25N3S/c1-2-12-27(13-3-1)44-35-20-10-6-16-31(35)37-39(42-41-38(40(37)44)32-17-7-11-21-36(32)45-41)26-22-24-28(25-23-26)43-33-18-8-4-14-29(33)30-15-5-9-19-34(30)43/h1-25H. The van der Waals surface area contributed by atoms with Crippen molar-refractivity contribution in [3.05, 3.63) is 152 Å². The molecular formula is C41H25N3S. The van der Waals surface area contributed by atoms with E-state index in [9.17, 15) is 0 Å². The molecule has 0 radical (unpaired) electrons. The van der Waals surface area contributed by atoms with Crippen LogP contribution in [-0.2, 0) is 0 Å². The smallest absolute Gasteiger partial charge is 0.127 e. The van der Waals surface area contributed by atoms with Crippen molar-refractivity contribution in [1.29, 1.82) is 0 Å². The van der Waals surface area contributed by atoms with Crippen molar-refractivity contribution in [1.82, 2.24) is 14.1 Å². The molecule has 0 spiro atoms. The summed E-state index contributed by atoms with van der Waals surface area (Å²) in [6.45, 7) is 0. The summed E-state index contributed by atoms with van der Waals surface area (Å²) >= 11 is 1.77. The van der Waals surface area contributed by atoms with E-state index >= 15 is 0 Å². The van der Waals surface area contributed by atoms with Gasteiger partial charge in [-0.3, -0.25) is 0 Å². The van der Waals surface area contributed by atoms with Crippen LogP contribution in [0.3, 0.4) is 0 Å². The zero-order valence-electron chi connectivity index (χ0n) is 24.2. The van der Waals surface area contributed by atoms with Crippen LogP contribution >= 0.6 is 11.3 Å². The molecule has 0 fully saturated rings. The summed E-state index contributed by atoms with van der Waals surface area (Å²) in [6, 6.07) is 54.5. The molecule has 210 valence electrons. The highest BCUT2D eigenvalue weighted by atomic mass is 32.1. The number of pyridine rings is 1. The van der Waals surface area contributed by atoms with Crippen molar-refractivity contribution in [2.24, 2.45) is 0 Å². The molecule has 0 aliphatic carbocycles. The van der Waals surface area contributed by atoms with Gasteiger partial charge in [0.15, 0.2) is 0 Å². The molecule has 0 aliphatic heterocycles. The van der Waals surface area contributed by atoms with Gasteiger partial charge in [-0.15, -0.1) is 11.3 Å². The van der Waals surface area contributed by atoms with Crippen LogP contribution in [-0.4, -0.2) is 14.1 Å². The van der Waals surface area contributed by atoms with Crippen molar-refractivity contribution in [2.45, 2.75) is 0 Å². The van der Waals surface area contributed by atoms with Crippen molar-refractivity contribution in [2.75, 3.05) is 0 Å². The van der Waals surface area contributed by atoms with Crippen LogP contribution in [0.1, 0.15) is 0 Å². The number of para-hydroxylation sites is 4. The van der Waals surface area contributed by atoms with Gasteiger partial charge in [0.25, 0.3) is 0 Å². The summed E-state index contributed by atoms with van der Waals surface area (Å²) in [4.78, 5) is 6.52. The SMILES string of the molecule is c1ccc(-n2c3ccccc3c3c(-c4ccc(-n5c6ccccc6c6ccccc65)cc4)nc4sc5ccccc5c4c32)cc1. The molecule has 0 atom stereocenters. The second-order valence-corrected chi connectivity index (χ2v) is 12.6. The third kappa shape index (κ3) is 3.48. The molecule has 45 heavy (non-hydrogen) atoms. The summed E-state index contributed by atoms with van der Waals surface area (Å²) < 4.78 is 6.06. The molecule has 10 aromatic rings. The van der Waals surface area contributed by atoms with Crippen LogP contribution in [0.4, 0.5) is 0 Å². The van der Waals surface area contributed by atoms with Crippen molar-refractivity contribution in [3.63, 3.8) is 0 Å². The molecule has 3 nitrogen and oxygen atoms in total. The molecule has 6 aromatic carbocycles. The molecule has 0 saturated carbocycles. The van der Waals surface area contributed by atoms with Gasteiger partial charge < -0.3 is 9.13 Å². The van der Waals surface area contributed by atoms with E-state index in [0.29, 0.717) is 0 Å². The first-order valence-corrected chi connectivity index (χ1v) is 16.1. The molecule has 0 amide bonds. The first-order valence-electron chi connectivity index (χ1n) is 15.2. The average Bonchev–Trinajstić information content (AvgIpc) is 3.76. The normalized spacial score (nSPS) is 12.0. The maximum atomic E-state index is 5.46. The number of thiophene rings is 1. The van der Waals surface area contributed by atoms with E-state index in [1.54, 1.807) is 11.3 Å². The predicted molar refractivity (Wildman–Crippen MR) is 191 cm³/mol. The Morgan fingerprint density at radius 1 is 0.422 bits per heavy atom. The quantitative estimate of drug-likeness (QED) is 0.200. The lowest BCUT2D eigenvalue weighted by Gasteiger charge is -2.12. The zero-order valence-corrected chi connectivity index (χ0v) is 25.0. The van der Waals surface area contributed by atoms with Crippen LogP contribution in [0, 0.1) is 0 Å². The Hall–Kier alpha value is -5.71. The van der Waals surface area contributed by atoms with Crippen molar-refractivity contribution < 1.29 is 0 Å². The van der Waals surface area contributed by atoms with Crippen LogP contribution in [0.25, 0.3) is 86.5 Å². The highest BCUT2D eigenvalue weighted by molar-refractivity contribution is 7.25. The lowest BCUT2D eigenvalue weighted by Crippen LogP contribution is -1.96. The van der Waals surface area contributed by atoms with Gasteiger partial charge >= 0.3 is 0 Å². The van der Waals surface area contributed by atoms with Gasteiger partial charge in [0.1, 0.15) is 4.83 Å². The van der Waals surface area contributed by atoms with E-state index in [-0.39, 0.29) is 0 Å². The van der Waals surface area contributed by atoms with E-state index in [1.165, 1.54) is 59.1 Å². The average molecular weight is 592 g/mol. The Balaban J connectivity index is 1.29. The number of hydrogen-bond donors (Lipinski definition) is 0. The molecule has 4 heterocycles. The summed E-state index contributed by atoms with van der Waals surface area (Å²) in [5.74, 6) is 0. The van der Waals surface area contributed by atoms with E-state index in [0.717, 1.165) is 27.5 Å². The minimum absolute atomic E-state index is 1.02.